The molecule has 0 saturated heterocycles. The quantitative estimate of drug-likeness (QED) is 0.289. The van der Waals surface area contributed by atoms with Crippen LogP contribution in [0, 0.1) is 5.82 Å². The summed E-state index contributed by atoms with van der Waals surface area (Å²) in [5.74, 6) is 0.644. The third-order valence-corrected chi connectivity index (χ3v) is 5.51. The molecule has 0 atom stereocenters. The van der Waals surface area contributed by atoms with Gasteiger partial charge in [0.15, 0.2) is 0 Å². The molecule has 4 aromatic carbocycles. The van der Waals surface area contributed by atoms with Crippen LogP contribution < -0.4 is 10.1 Å². The summed E-state index contributed by atoms with van der Waals surface area (Å²) in [6.45, 7) is 1.89. The summed E-state index contributed by atoms with van der Waals surface area (Å²) < 4.78 is 19.2. The first-order valence-corrected chi connectivity index (χ1v) is 10.4. The van der Waals surface area contributed by atoms with Gasteiger partial charge in [0.2, 0.25) is 0 Å². The van der Waals surface area contributed by atoms with Crippen molar-refractivity contribution >= 4 is 34.8 Å². The highest BCUT2D eigenvalue weighted by Crippen LogP contribution is 2.29. The summed E-state index contributed by atoms with van der Waals surface area (Å²) in [5.41, 5.74) is 3.19. The monoisotopic (exact) mass is 455 g/mol. The lowest BCUT2D eigenvalue weighted by atomic mass is 10.0. The molecule has 0 heterocycles. The Morgan fingerprint density at radius 2 is 1.58 bits per heavy atom. The Hall–Kier alpha value is -2.59. The Balaban J connectivity index is 0.00000272. The fourth-order valence-corrected chi connectivity index (χ4v) is 3.69. The lowest BCUT2D eigenvalue weighted by molar-refractivity contribution is 0.303. The van der Waals surface area contributed by atoms with Crippen molar-refractivity contribution in [3.63, 3.8) is 0 Å². The molecule has 0 unspecified atom stereocenters. The number of hydrogen-bond donors (Lipinski definition) is 1. The molecule has 0 bridgehead atoms. The molecule has 2 nitrogen and oxygen atoms in total. The maximum Gasteiger partial charge on any atom is 0.124 e. The molecule has 0 aliphatic carbocycles. The van der Waals surface area contributed by atoms with E-state index in [4.69, 9.17) is 16.3 Å². The van der Waals surface area contributed by atoms with Crippen molar-refractivity contribution in [1.82, 2.24) is 5.32 Å². The first kappa shape index (κ1) is 23.1. The van der Waals surface area contributed by atoms with Gasteiger partial charge in [0.05, 0.1) is 0 Å². The van der Waals surface area contributed by atoms with Crippen LogP contribution in [0.15, 0.2) is 84.9 Å². The lowest BCUT2D eigenvalue weighted by Gasteiger charge is -2.16. The van der Waals surface area contributed by atoms with E-state index in [1.165, 1.54) is 22.9 Å². The largest absolute Gasteiger partial charge is 0.488 e. The third-order valence-electron chi connectivity index (χ3n) is 5.14. The van der Waals surface area contributed by atoms with Crippen LogP contribution >= 0.6 is 24.0 Å². The maximum absolute atomic E-state index is 13.1. The lowest BCUT2D eigenvalue weighted by Crippen LogP contribution is -2.17. The molecular weight excluding hydrogens is 432 g/mol. The average molecular weight is 456 g/mol. The van der Waals surface area contributed by atoms with Crippen LogP contribution in [0.4, 0.5) is 4.39 Å². The smallest absolute Gasteiger partial charge is 0.124 e. The molecule has 31 heavy (non-hydrogen) atoms. The summed E-state index contributed by atoms with van der Waals surface area (Å²) in [7, 11) is 0. The van der Waals surface area contributed by atoms with Gasteiger partial charge in [0.25, 0.3) is 0 Å². The van der Waals surface area contributed by atoms with Crippen molar-refractivity contribution in [3.8, 4) is 5.75 Å². The molecule has 0 radical (unpaired) electrons. The van der Waals surface area contributed by atoms with E-state index in [1.807, 2.05) is 54.6 Å². The molecular formula is C26H24Cl2FNO. The number of halogens is 3. The van der Waals surface area contributed by atoms with Crippen LogP contribution in [-0.2, 0) is 19.6 Å². The van der Waals surface area contributed by atoms with Gasteiger partial charge in [0.1, 0.15) is 18.2 Å². The Bertz CT molecular complexity index is 1130. The molecule has 0 aromatic heterocycles. The minimum Gasteiger partial charge on any atom is -0.488 e. The minimum atomic E-state index is -0.206. The summed E-state index contributed by atoms with van der Waals surface area (Å²) >= 11 is 6.28. The Kier molecular flexibility index (Phi) is 8.30. The number of hydrogen-bond acceptors (Lipinski definition) is 2. The average Bonchev–Trinajstić information content (AvgIpc) is 2.78. The molecule has 1 N–H and O–H groups in total. The molecule has 0 amide bonds. The Morgan fingerprint density at radius 3 is 2.39 bits per heavy atom. The summed E-state index contributed by atoms with van der Waals surface area (Å²) in [6.07, 6.45) is 0.834. The van der Waals surface area contributed by atoms with E-state index >= 15 is 0 Å². The van der Waals surface area contributed by atoms with Gasteiger partial charge in [-0.2, -0.15) is 0 Å². The first-order valence-electron chi connectivity index (χ1n) is 10.0. The summed E-state index contributed by atoms with van der Waals surface area (Å²) in [6, 6.07) is 26.8. The molecule has 160 valence electrons. The van der Waals surface area contributed by atoms with Crippen LogP contribution in [0.1, 0.15) is 16.7 Å². The van der Waals surface area contributed by atoms with Crippen LogP contribution in [0.5, 0.6) is 5.75 Å². The van der Waals surface area contributed by atoms with E-state index in [-0.39, 0.29) is 18.2 Å². The van der Waals surface area contributed by atoms with Gasteiger partial charge in [-0.25, -0.2) is 4.39 Å². The van der Waals surface area contributed by atoms with Crippen molar-refractivity contribution in [3.05, 3.63) is 112 Å². The van der Waals surface area contributed by atoms with Crippen molar-refractivity contribution in [2.75, 3.05) is 6.54 Å². The molecule has 0 spiro atoms. The molecule has 0 aliphatic rings. The maximum atomic E-state index is 13.1. The number of nitrogens with one attached hydrogen (secondary N) is 1. The zero-order valence-corrected chi connectivity index (χ0v) is 18.6. The standard InChI is InChI=1S/C26H23ClFNO.ClH/c27-25-8-4-2-6-21(25)18-30-26-14-11-20-5-1-3-7-23(20)24(26)17-29-16-15-19-9-12-22(28)13-10-19;/h1-14,29H,15-18H2;1H. The molecule has 0 fully saturated rings. The second-order valence-corrected chi connectivity index (χ2v) is 7.60. The van der Waals surface area contributed by atoms with Crippen molar-refractivity contribution in [2.45, 2.75) is 19.6 Å². The van der Waals surface area contributed by atoms with Gasteiger partial charge in [-0.1, -0.05) is 72.3 Å². The van der Waals surface area contributed by atoms with E-state index in [0.29, 0.717) is 18.2 Å². The fraction of sp³-hybridized carbons (Fsp3) is 0.154. The molecule has 0 aliphatic heterocycles. The highest BCUT2D eigenvalue weighted by atomic mass is 35.5. The Labute approximate surface area is 193 Å². The van der Waals surface area contributed by atoms with E-state index in [0.717, 1.165) is 35.4 Å². The van der Waals surface area contributed by atoms with E-state index < -0.39 is 0 Å². The fourth-order valence-electron chi connectivity index (χ4n) is 3.50. The van der Waals surface area contributed by atoms with Gasteiger partial charge in [0, 0.05) is 22.7 Å². The summed E-state index contributed by atoms with van der Waals surface area (Å²) in [5, 5.41) is 6.56. The van der Waals surface area contributed by atoms with E-state index in [2.05, 4.69) is 23.5 Å². The zero-order chi connectivity index (χ0) is 20.8. The van der Waals surface area contributed by atoms with Crippen LogP contribution in [0.25, 0.3) is 10.8 Å². The third kappa shape index (κ3) is 5.98. The number of ether oxygens (including phenoxy) is 1. The second kappa shape index (κ2) is 11.1. The SMILES string of the molecule is Cl.Fc1ccc(CCNCc2c(OCc3ccccc3Cl)ccc3ccccc23)cc1. The van der Waals surface area contributed by atoms with Gasteiger partial charge in [-0.15, -0.1) is 12.4 Å². The second-order valence-electron chi connectivity index (χ2n) is 7.20. The molecule has 0 saturated carbocycles. The molecule has 4 rings (SSSR count). The van der Waals surface area contributed by atoms with E-state index in [1.54, 1.807) is 0 Å². The predicted octanol–water partition coefficient (Wildman–Crippen LogP) is 6.97. The topological polar surface area (TPSA) is 21.3 Å². The number of benzene rings is 4. The number of rotatable bonds is 8. The van der Waals surface area contributed by atoms with Gasteiger partial charge < -0.3 is 10.1 Å². The van der Waals surface area contributed by atoms with Crippen LogP contribution in [0.2, 0.25) is 5.02 Å². The molecule has 4 aromatic rings. The van der Waals surface area contributed by atoms with Crippen molar-refractivity contribution in [1.29, 1.82) is 0 Å². The minimum absolute atomic E-state index is 0. The molecule has 5 heteroatoms. The highest BCUT2D eigenvalue weighted by molar-refractivity contribution is 6.31. The van der Waals surface area contributed by atoms with Crippen LogP contribution in [0.3, 0.4) is 0 Å². The number of fused-ring (bicyclic) bond motifs is 1. The highest BCUT2D eigenvalue weighted by Gasteiger charge is 2.10. The zero-order valence-electron chi connectivity index (χ0n) is 17.0. The van der Waals surface area contributed by atoms with Crippen molar-refractivity contribution in [2.24, 2.45) is 0 Å². The summed E-state index contributed by atoms with van der Waals surface area (Å²) in [4.78, 5) is 0. The Morgan fingerprint density at radius 1 is 0.839 bits per heavy atom. The van der Waals surface area contributed by atoms with Gasteiger partial charge in [-0.3, -0.25) is 0 Å². The predicted molar refractivity (Wildman–Crippen MR) is 129 cm³/mol. The first-order chi connectivity index (χ1) is 14.7. The van der Waals surface area contributed by atoms with Gasteiger partial charge in [-0.05, 0) is 53.6 Å². The van der Waals surface area contributed by atoms with Crippen molar-refractivity contribution < 1.29 is 9.13 Å². The van der Waals surface area contributed by atoms with Crippen LogP contribution in [-0.4, -0.2) is 6.54 Å². The normalized spacial score (nSPS) is 10.6. The van der Waals surface area contributed by atoms with E-state index in [9.17, 15) is 4.39 Å². The van der Waals surface area contributed by atoms with Gasteiger partial charge >= 0.3 is 0 Å².